The molecule has 1 rings (SSSR count). The average Bonchev–Trinajstić information content (AvgIpc) is 2.98. The Morgan fingerprint density at radius 2 is 1.93 bits per heavy atom. The van der Waals surface area contributed by atoms with Gasteiger partial charge in [0.1, 0.15) is 5.78 Å². The third-order valence-corrected chi connectivity index (χ3v) is 5.23. The smallest absolute Gasteiger partial charge is 0.371 e. The molecule has 0 aromatic rings. The molecule has 27 heavy (non-hydrogen) atoms. The molecule has 0 saturated heterocycles. The molecule has 0 amide bonds. The number of ether oxygens (including phenoxy) is 1. The number of halogens is 1. The van der Waals surface area contributed by atoms with E-state index in [0.29, 0.717) is 31.0 Å². The highest BCUT2D eigenvalue weighted by molar-refractivity contribution is 5.83. The fourth-order valence-electron chi connectivity index (χ4n) is 3.72. The molecule has 0 bridgehead atoms. The number of hydrogen-bond donors (Lipinski definition) is 1. The second-order valence-electron chi connectivity index (χ2n) is 7.45. The number of aliphatic hydroxyl groups is 1. The first-order valence-electron chi connectivity index (χ1n) is 10.5. The summed E-state index contributed by atoms with van der Waals surface area (Å²) in [5.41, 5.74) is 0. The second-order valence-corrected chi connectivity index (χ2v) is 7.45. The van der Waals surface area contributed by atoms with E-state index in [4.69, 9.17) is 0 Å². The van der Waals surface area contributed by atoms with Gasteiger partial charge in [-0.2, -0.15) is 4.39 Å². The van der Waals surface area contributed by atoms with Crippen LogP contribution >= 0.6 is 0 Å². The van der Waals surface area contributed by atoms with E-state index in [2.05, 4.69) is 23.5 Å². The van der Waals surface area contributed by atoms with E-state index < -0.39 is 11.8 Å². The molecule has 1 unspecified atom stereocenters. The molecule has 1 fully saturated rings. The summed E-state index contributed by atoms with van der Waals surface area (Å²) in [7, 11) is 0. The number of carbonyl (C=O) groups excluding carboxylic acids is 2. The first-order chi connectivity index (χ1) is 12.9. The van der Waals surface area contributed by atoms with Crippen molar-refractivity contribution in [3.63, 3.8) is 0 Å². The molecule has 1 N–H and O–H groups in total. The highest BCUT2D eigenvalue weighted by Crippen LogP contribution is 2.36. The average molecular weight is 383 g/mol. The Morgan fingerprint density at radius 3 is 2.63 bits per heavy atom. The lowest BCUT2D eigenvalue weighted by atomic mass is 9.86. The summed E-state index contributed by atoms with van der Waals surface area (Å²) in [6.45, 7) is 3.73. The molecule has 1 aliphatic rings. The first-order valence-corrected chi connectivity index (χ1v) is 10.5. The molecule has 1 saturated carbocycles. The summed E-state index contributed by atoms with van der Waals surface area (Å²) >= 11 is 0. The van der Waals surface area contributed by atoms with Crippen LogP contribution in [0.15, 0.2) is 0 Å². The van der Waals surface area contributed by atoms with E-state index in [1.807, 2.05) is 0 Å². The van der Waals surface area contributed by atoms with Crippen LogP contribution in [0.5, 0.6) is 0 Å². The fraction of sp³-hybridized carbons (Fsp3) is 0.818. The molecule has 0 radical (unpaired) electrons. The highest BCUT2D eigenvalue weighted by Gasteiger charge is 2.37. The third-order valence-electron chi connectivity index (χ3n) is 5.23. The van der Waals surface area contributed by atoms with Crippen LogP contribution in [0.4, 0.5) is 4.39 Å². The van der Waals surface area contributed by atoms with Crippen LogP contribution in [0.3, 0.4) is 0 Å². The lowest BCUT2D eigenvalue weighted by Crippen LogP contribution is -2.35. The quantitative estimate of drug-likeness (QED) is 0.301. The van der Waals surface area contributed by atoms with Gasteiger partial charge in [0.05, 0.1) is 6.61 Å². The van der Waals surface area contributed by atoms with Gasteiger partial charge in [0, 0.05) is 31.6 Å². The van der Waals surface area contributed by atoms with Crippen molar-refractivity contribution in [1.82, 2.24) is 0 Å². The molecular weight excluding hydrogens is 347 g/mol. The van der Waals surface area contributed by atoms with Crippen LogP contribution in [0, 0.1) is 23.7 Å². The van der Waals surface area contributed by atoms with E-state index in [0.717, 1.165) is 51.4 Å². The molecule has 0 heterocycles. The van der Waals surface area contributed by atoms with Gasteiger partial charge in [-0.3, -0.25) is 4.79 Å². The molecular formula is C22H35FO4. The SMILES string of the molecule is CCCC#CCCC[C@H]1CCC(=O)[C@@H]1CCCCCC(O)(F)C(=O)OCC. The molecule has 0 aliphatic heterocycles. The first kappa shape index (κ1) is 23.6. The van der Waals surface area contributed by atoms with Crippen molar-refractivity contribution in [2.45, 2.75) is 96.8 Å². The number of hydrogen-bond acceptors (Lipinski definition) is 4. The topological polar surface area (TPSA) is 63.6 Å². The molecule has 4 nitrogen and oxygen atoms in total. The van der Waals surface area contributed by atoms with Crippen molar-refractivity contribution < 1.29 is 23.8 Å². The van der Waals surface area contributed by atoms with Crippen LogP contribution in [0.2, 0.25) is 0 Å². The van der Waals surface area contributed by atoms with E-state index in [1.54, 1.807) is 6.92 Å². The molecule has 154 valence electrons. The van der Waals surface area contributed by atoms with Gasteiger partial charge >= 0.3 is 11.8 Å². The largest absolute Gasteiger partial charge is 0.462 e. The number of rotatable bonds is 12. The zero-order chi connectivity index (χ0) is 20.1. The normalized spacial score (nSPS) is 21.4. The van der Waals surface area contributed by atoms with Crippen LogP contribution < -0.4 is 0 Å². The van der Waals surface area contributed by atoms with Gasteiger partial charge in [-0.25, -0.2) is 4.79 Å². The zero-order valence-corrected chi connectivity index (χ0v) is 16.9. The van der Waals surface area contributed by atoms with Gasteiger partial charge in [0.15, 0.2) is 0 Å². The molecule has 5 heteroatoms. The minimum Gasteiger partial charge on any atom is -0.462 e. The van der Waals surface area contributed by atoms with Gasteiger partial charge in [0.25, 0.3) is 0 Å². The predicted octanol–water partition coefficient (Wildman–Crippen LogP) is 4.73. The Hall–Kier alpha value is -1.41. The Balaban J connectivity index is 2.26. The number of alkyl halides is 1. The van der Waals surface area contributed by atoms with Crippen molar-refractivity contribution in [3.05, 3.63) is 0 Å². The second kappa shape index (κ2) is 12.9. The maximum Gasteiger partial charge on any atom is 0.371 e. The Labute approximate surface area is 163 Å². The standard InChI is InChI=1S/C22H35FO4/c1-3-5-6-7-8-10-13-18-15-16-20(24)19(18)14-11-9-12-17-22(23,26)21(25)27-4-2/h18-19,26H,3-5,8-17H2,1-2H3/t18-,19+,22?/m0/s1. The lowest BCUT2D eigenvalue weighted by Gasteiger charge is -2.19. The summed E-state index contributed by atoms with van der Waals surface area (Å²) in [6, 6.07) is 0. The van der Waals surface area contributed by atoms with Gasteiger partial charge in [-0.05, 0) is 51.4 Å². The van der Waals surface area contributed by atoms with Gasteiger partial charge < -0.3 is 9.84 Å². The summed E-state index contributed by atoms with van der Waals surface area (Å²) in [6.07, 6.45) is 9.12. The molecule has 3 atom stereocenters. The predicted molar refractivity (Wildman–Crippen MR) is 104 cm³/mol. The van der Waals surface area contributed by atoms with Crippen LogP contribution in [-0.2, 0) is 14.3 Å². The Bertz CT molecular complexity index is 518. The minimum atomic E-state index is -2.90. The zero-order valence-electron chi connectivity index (χ0n) is 16.9. The van der Waals surface area contributed by atoms with Crippen molar-refractivity contribution in [2.24, 2.45) is 11.8 Å². The lowest BCUT2D eigenvalue weighted by molar-refractivity contribution is -0.188. The fourth-order valence-corrected chi connectivity index (χ4v) is 3.72. The molecule has 0 spiro atoms. The van der Waals surface area contributed by atoms with Gasteiger partial charge in [0.2, 0.25) is 0 Å². The summed E-state index contributed by atoms with van der Waals surface area (Å²) in [5, 5.41) is 9.48. The number of ketones is 1. The summed E-state index contributed by atoms with van der Waals surface area (Å²) < 4.78 is 18.3. The van der Waals surface area contributed by atoms with Gasteiger partial charge in [-0.15, -0.1) is 11.8 Å². The van der Waals surface area contributed by atoms with E-state index >= 15 is 0 Å². The maximum absolute atomic E-state index is 13.8. The van der Waals surface area contributed by atoms with Crippen molar-refractivity contribution >= 4 is 11.8 Å². The van der Waals surface area contributed by atoms with E-state index in [1.165, 1.54) is 0 Å². The minimum absolute atomic E-state index is 0.0421. The van der Waals surface area contributed by atoms with Crippen LogP contribution in [0.25, 0.3) is 0 Å². The number of unbranched alkanes of at least 4 members (excludes halogenated alkanes) is 4. The summed E-state index contributed by atoms with van der Waals surface area (Å²) in [5.74, 6) is 3.15. The van der Waals surface area contributed by atoms with Crippen LogP contribution in [0.1, 0.15) is 90.9 Å². The molecule has 1 aliphatic carbocycles. The van der Waals surface area contributed by atoms with Crippen LogP contribution in [-0.4, -0.2) is 29.3 Å². The number of esters is 1. The van der Waals surface area contributed by atoms with Gasteiger partial charge in [-0.1, -0.05) is 19.8 Å². The van der Waals surface area contributed by atoms with Crippen molar-refractivity contribution in [1.29, 1.82) is 0 Å². The maximum atomic E-state index is 13.8. The highest BCUT2D eigenvalue weighted by atomic mass is 19.2. The Kier molecular flexibility index (Phi) is 11.3. The van der Waals surface area contributed by atoms with Crippen molar-refractivity contribution in [2.75, 3.05) is 6.61 Å². The Morgan fingerprint density at radius 1 is 1.19 bits per heavy atom. The third kappa shape index (κ3) is 8.88. The van der Waals surface area contributed by atoms with E-state index in [-0.39, 0.29) is 18.9 Å². The molecule has 0 aromatic carbocycles. The van der Waals surface area contributed by atoms with Crippen molar-refractivity contribution in [3.8, 4) is 11.8 Å². The van der Waals surface area contributed by atoms with E-state index in [9.17, 15) is 19.1 Å². The molecule has 0 aromatic heterocycles. The summed E-state index contributed by atoms with van der Waals surface area (Å²) in [4.78, 5) is 23.5. The monoisotopic (exact) mass is 382 g/mol. The number of Topliss-reactive ketones (excluding diaryl/α,β-unsaturated/α-hetero) is 1. The number of carbonyl (C=O) groups is 2.